The molecule has 2 atom stereocenters. The average Bonchev–Trinajstić information content (AvgIpc) is 3.11. The number of fused-ring (bicyclic) bond motifs is 3. The third-order valence-corrected chi connectivity index (χ3v) is 4.61. The van der Waals surface area contributed by atoms with E-state index in [9.17, 15) is 4.79 Å². The summed E-state index contributed by atoms with van der Waals surface area (Å²) < 4.78 is 13.4. The molecule has 7 nitrogen and oxygen atoms in total. The van der Waals surface area contributed by atoms with Crippen LogP contribution in [0.4, 0.5) is 0 Å². The molecule has 0 N–H and O–H groups in total. The SMILES string of the molecule is O=C(CCOc1ccccc1)N1CC[C@H]2OCc3cnnn3[C@H]2C1. The first-order valence-electron chi connectivity index (χ1n) is 8.27. The van der Waals surface area contributed by atoms with Crippen LogP contribution in [0.1, 0.15) is 24.6 Å². The van der Waals surface area contributed by atoms with E-state index < -0.39 is 0 Å². The first-order chi connectivity index (χ1) is 11.8. The van der Waals surface area contributed by atoms with Crippen LogP contribution in [0.25, 0.3) is 0 Å². The zero-order chi connectivity index (χ0) is 16.4. The topological polar surface area (TPSA) is 69.5 Å². The van der Waals surface area contributed by atoms with Gasteiger partial charge in [-0.1, -0.05) is 23.4 Å². The minimum Gasteiger partial charge on any atom is -0.493 e. The van der Waals surface area contributed by atoms with E-state index in [1.807, 2.05) is 39.9 Å². The molecule has 0 aliphatic carbocycles. The summed E-state index contributed by atoms with van der Waals surface area (Å²) in [6, 6.07) is 9.61. The van der Waals surface area contributed by atoms with Crippen LogP contribution < -0.4 is 4.74 Å². The molecule has 2 aliphatic heterocycles. The van der Waals surface area contributed by atoms with Crippen LogP contribution >= 0.6 is 0 Å². The Morgan fingerprint density at radius 2 is 2.21 bits per heavy atom. The van der Waals surface area contributed by atoms with Crippen LogP contribution in [0.5, 0.6) is 5.75 Å². The maximum Gasteiger partial charge on any atom is 0.226 e. The molecule has 0 unspecified atom stereocenters. The van der Waals surface area contributed by atoms with Crippen LogP contribution in [0.15, 0.2) is 36.5 Å². The van der Waals surface area contributed by atoms with Crippen molar-refractivity contribution in [1.82, 2.24) is 19.9 Å². The fourth-order valence-corrected chi connectivity index (χ4v) is 3.34. The number of likely N-dealkylation sites (tertiary alicyclic amines) is 1. The van der Waals surface area contributed by atoms with Crippen molar-refractivity contribution in [2.24, 2.45) is 0 Å². The van der Waals surface area contributed by atoms with Crippen LogP contribution in [0.3, 0.4) is 0 Å². The number of hydrogen-bond donors (Lipinski definition) is 0. The molecule has 1 aromatic carbocycles. The molecule has 0 saturated carbocycles. The minimum absolute atomic E-state index is 0.0593. The number of piperidine rings is 1. The Kier molecular flexibility index (Phi) is 4.17. The highest BCUT2D eigenvalue weighted by molar-refractivity contribution is 5.76. The second-order valence-corrected chi connectivity index (χ2v) is 6.13. The second kappa shape index (κ2) is 6.60. The first kappa shape index (κ1) is 15.1. The quantitative estimate of drug-likeness (QED) is 0.849. The lowest BCUT2D eigenvalue weighted by Crippen LogP contribution is -2.50. The lowest BCUT2D eigenvalue weighted by atomic mass is 10.00. The summed E-state index contributed by atoms with van der Waals surface area (Å²) in [4.78, 5) is 14.4. The van der Waals surface area contributed by atoms with Crippen molar-refractivity contribution in [1.29, 1.82) is 0 Å². The predicted octanol–water partition coefficient (Wildman–Crippen LogP) is 1.42. The number of para-hydroxylation sites is 1. The minimum atomic E-state index is 0.0593. The standard InChI is InChI=1S/C17H20N4O3/c22-17(7-9-23-14-4-2-1-3-5-14)20-8-6-16-15(11-20)21-13(12-24-16)10-18-19-21/h1-5,10,15-16H,6-9,11-12H2/t15-,16+/m0/s1. The van der Waals surface area contributed by atoms with E-state index in [-0.39, 0.29) is 18.1 Å². The lowest BCUT2D eigenvalue weighted by molar-refractivity contribution is -0.138. The van der Waals surface area contributed by atoms with Gasteiger partial charge >= 0.3 is 0 Å². The Morgan fingerprint density at radius 3 is 3.08 bits per heavy atom. The Labute approximate surface area is 140 Å². The molecule has 0 bridgehead atoms. The molecule has 3 heterocycles. The first-order valence-corrected chi connectivity index (χ1v) is 8.27. The fraction of sp³-hybridized carbons (Fsp3) is 0.471. The highest BCUT2D eigenvalue weighted by atomic mass is 16.5. The summed E-state index contributed by atoms with van der Waals surface area (Å²) in [7, 11) is 0. The van der Waals surface area contributed by atoms with Gasteiger partial charge in [0.15, 0.2) is 0 Å². The van der Waals surface area contributed by atoms with E-state index >= 15 is 0 Å². The maximum atomic E-state index is 12.5. The van der Waals surface area contributed by atoms with Gasteiger partial charge in [-0.15, -0.1) is 5.10 Å². The van der Waals surface area contributed by atoms with Gasteiger partial charge in [0.25, 0.3) is 0 Å². The van der Waals surface area contributed by atoms with E-state index in [4.69, 9.17) is 9.47 Å². The van der Waals surface area contributed by atoms with Crippen LogP contribution in [-0.2, 0) is 16.1 Å². The molecular formula is C17H20N4O3. The van der Waals surface area contributed by atoms with Gasteiger partial charge in [-0.2, -0.15) is 0 Å². The normalized spacial score (nSPS) is 22.6. The molecule has 1 saturated heterocycles. The molecule has 0 spiro atoms. The van der Waals surface area contributed by atoms with Crippen molar-refractivity contribution >= 4 is 5.91 Å². The second-order valence-electron chi connectivity index (χ2n) is 6.13. The van der Waals surface area contributed by atoms with Gasteiger partial charge in [0.2, 0.25) is 5.91 Å². The maximum absolute atomic E-state index is 12.5. The van der Waals surface area contributed by atoms with Gasteiger partial charge in [0.05, 0.1) is 43.7 Å². The highest BCUT2D eigenvalue weighted by Crippen LogP contribution is 2.30. The predicted molar refractivity (Wildman–Crippen MR) is 85.4 cm³/mol. The molecule has 2 aromatic rings. The highest BCUT2D eigenvalue weighted by Gasteiger charge is 2.37. The third kappa shape index (κ3) is 2.99. The Hall–Kier alpha value is -2.41. The lowest BCUT2D eigenvalue weighted by Gasteiger charge is -2.41. The average molecular weight is 328 g/mol. The van der Waals surface area contributed by atoms with Gasteiger partial charge in [0, 0.05) is 13.1 Å². The fourth-order valence-electron chi connectivity index (χ4n) is 3.34. The molecule has 1 amide bonds. The van der Waals surface area contributed by atoms with Gasteiger partial charge in [0.1, 0.15) is 5.75 Å². The zero-order valence-electron chi connectivity index (χ0n) is 13.4. The number of ether oxygens (including phenoxy) is 2. The number of amides is 1. The van der Waals surface area contributed by atoms with Crippen molar-refractivity contribution < 1.29 is 14.3 Å². The van der Waals surface area contributed by atoms with Crippen molar-refractivity contribution in [3.05, 3.63) is 42.2 Å². The van der Waals surface area contributed by atoms with Gasteiger partial charge < -0.3 is 14.4 Å². The summed E-state index contributed by atoms with van der Waals surface area (Å²) in [6.45, 7) is 2.27. The number of aromatic nitrogens is 3. The summed E-state index contributed by atoms with van der Waals surface area (Å²) in [6.07, 6.45) is 3.04. The van der Waals surface area contributed by atoms with Crippen molar-refractivity contribution in [3.63, 3.8) is 0 Å². The monoisotopic (exact) mass is 328 g/mol. The summed E-state index contributed by atoms with van der Waals surface area (Å²) in [5.41, 5.74) is 0.970. The number of benzene rings is 1. The molecule has 1 aromatic heterocycles. The van der Waals surface area contributed by atoms with E-state index in [0.29, 0.717) is 26.2 Å². The molecule has 24 heavy (non-hydrogen) atoms. The molecule has 126 valence electrons. The molecule has 0 radical (unpaired) electrons. The van der Waals surface area contributed by atoms with Gasteiger partial charge in [-0.3, -0.25) is 4.79 Å². The Balaban J connectivity index is 1.33. The number of hydrogen-bond acceptors (Lipinski definition) is 5. The Morgan fingerprint density at radius 1 is 1.33 bits per heavy atom. The van der Waals surface area contributed by atoms with Gasteiger partial charge in [-0.25, -0.2) is 4.68 Å². The zero-order valence-corrected chi connectivity index (χ0v) is 13.4. The summed E-state index contributed by atoms with van der Waals surface area (Å²) in [5.74, 6) is 0.897. The van der Waals surface area contributed by atoms with E-state index in [2.05, 4.69) is 10.3 Å². The smallest absolute Gasteiger partial charge is 0.226 e. The van der Waals surface area contributed by atoms with Crippen LogP contribution in [0, 0.1) is 0 Å². The van der Waals surface area contributed by atoms with Crippen molar-refractivity contribution in [3.8, 4) is 5.75 Å². The van der Waals surface area contributed by atoms with E-state index in [0.717, 1.165) is 24.4 Å². The Bertz CT molecular complexity index is 703. The molecule has 4 rings (SSSR count). The summed E-state index contributed by atoms with van der Waals surface area (Å²) in [5, 5.41) is 8.12. The van der Waals surface area contributed by atoms with E-state index in [1.54, 1.807) is 6.20 Å². The number of rotatable bonds is 4. The van der Waals surface area contributed by atoms with Crippen molar-refractivity contribution in [2.45, 2.75) is 31.6 Å². The third-order valence-electron chi connectivity index (χ3n) is 4.61. The molecular weight excluding hydrogens is 308 g/mol. The largest absolute Gasteiger partial charge is 0.493 e. The summed E-state index contributed by atoms with van der Waals surface area (Å²) >= 11 is 0. The number of carbonyl (C=O) groups excluding carboxylic acids is 1. The molecule has 2 aliphatic rings. The molecule has 7 heteroatoms. The van der Waals surface area contributed by atoms with Crippen molar-refractivity contribution in [2.75, 3.05) is 19.7 Å². The number of carbonyl (C=O) groups is 1. The molecule has 1 fully saturated rings. The van der Waals surface area contributed by atoms with E-state index in [1.165, 1.54) is 0 Å². The van der Waals surface area contributed by atoms with Crippen LogP contribution in [-0.4, -0.2) is 51.6 Å². The van der Waals surface area contributed by atoms with Gasteiger partial charge in [-0.05, 0) is 18.6 Å². The van der Waals surface area contributed by atoms with Crippen LogP contribution in [0.2, 0.25) is 0 Å². The number of nitrogens with zero attached hydrogens (tertiary/aromatic N) is 4.